The molecule has 0 heterocycles. The molecule has 146 valence electrons. The van der Waals surface area contributed by atoms with Crippen LogP contribution in [-0.2, 0) is 14.3 Å². The van der Waals surface area contributed by atoms with Gasteiger partial charge in [-0.1, -0.05) is 45.7 Å². The van der Waals surface area contributed by atoms with Crippen LogP contribution < -0.4 is 5.32 Å². The van der Waals surface area contributed by atoms with Crippen molar-refractivity contribution in [3.8, 4) is 0 Å². The number of hydrogen-bond acceptors (Lipinski definition) is 4. The van der Waals surface area contributed by atoms with E-state index in [0.29, 0.717) is 24.3 Å². The van der Waals surface area contributed by atoms with E-state index in [1.807, 2.05) is 27.7 Å². The summed E-state index contributed by atoms with van der Waals surface area (Å²) in [5, 5.41) is 2.36. The first-order valence-electron chi connectivity index (χ1n) is 8.94. The lowest BCUT2D eigenvalue weighted by Crippen LogP contribution is -2.20. The summed E-state index contributed by atoms with van der Waals surface area (Å²) >= 11 is 7.35. The number of thioether (sulfide) groups is 1. The number of benzene rings is 1. The Hall–Kier alpha value is -1.27. The van der Waals surface area contributed by atoms with Crippen molar-refractivity contribution >= 4 is 40.9 Å². The summed E-state index contributed by atoms with van der Waals surface area (Å²) in [4.78, 5) is 24.7. The monoisotopic (exact) mass is 403 g/mol. The summed E-state index contributed by atoms with van der Waals surface area (Å²) in [6.07, 6.45) is 2.49. The summed E-state index contributed by atoms with van der Waals surface area (Å²) in [6, 6.07) is 2.64. The molecule has 7 heteroatoms. The maximum atomic E-state index is 14.2. The zero-order valence-electron chi connectivity index (χ0n) is 15.7. The van der Waals surface area contributed by atoms with Gasteiger partial charge in [0.15, 0.2) is 0 Å². The smallest absolute Gasteiger partial charge is 0.319 e. The van der Waals surface area contributed by atoms with Crippen molar-refractivity contribution in [2.75, 3.05) is 11.9 Å². The van der Waals surface area contributed by atoms with Crippen LogP contribution in [0.5, 0.6) is 0 Å². The fraction of sp³-hybridized carbons (Fsp3) is 0.579. The number of nitrogens with one attached hydrogen (secondary N) is 1. The number of halogens is 2. The highest BCUT2D eigenvalue weighted by Gasteiger charge is 2.22. The van der Waals surface area contributed by atoms with Gasteiger partial charge in [-0.25, -0.2) is 4.39 Å². The molecule has 4 nitrogen and oxygen atoms in total. The second kappa shape index (κ2) is 11.4. The third-order valence-corrected chi connectivity index (χ3v) is 5.70. The number of anilines is 1. The molecule has 0 fully saturated rings. The van der Waals surface area contributed by atoms with Gasteiger partial charge in [-0.2, -0.15) is 0 Å². The Morgan fingerprint density at radius 3 is 2.54 bits per heavy atom. The first-order chi connectivity index (χ1) is 12.3. The molecule has 0 radical (unpaired) electrons. The van der Waals surface area contributed by atoms with Crippen LogP contribution in [0.4, 0.5) is 10.1 Å². The summed E-state index contributed by atoms with van der Waals surface area (Å²) in [5.74, 6) is -0.941. The van der Waals surface area contributed by atoms with E-state index in [4.69, 9.17) is 16.3 Å². The summed E-state index contributed by atoms with van der Waals surface area (Å²) in [6.45, 7) is 8.12. The molecule has 0 aliphatic heterocycles. The van der Waals surface area contributed by atoms with E-state index < -0.39 is 11.1 Å². The average Bonchev–Trinajstić information content (AvgIpc) is 2.60. The lowest BCUT2D eigenvalue weighted by Gasteiger charge is -2.16. The minimum absolute atomic E-state index is 0.0713. The van der Waals surface area contributed by atoms with Crippen LogP contribution in [0.2, 0.25) is 5.02 Å². The molecule has 0 aliphatic carbocycles. The van der Waals surface area contributed by atoms with Crippen molar-refractivity contribution in [3.05, 3.63) is 23.0 Å². The Bertz CT molecular complexity index is 627. The normalized spacial score (nSPS) is 13.2. The fourth-order valence-electron chi connectivity index (χ4n) is 2.12. The molecule has 1 aromatic rings. The van der Waals surface area contributed by atoms with Crippen LogP contribution in [0.1, 0.15) is 53.4 Å². The van der Waals surface area contributed by atoms with Gasteiger partial charge in [0.05, 0.1) is 17.3 Å². The predicted molar refractivity (Wildman–Crippen MR) is 105 cm³/mol. The molecule has 0 bridgehead atoms. The molecule has 26 heavy (non-hydrogen) atoms. The van der Waals surface area contributed by atoms with Crippen molar-refractivity contribution in [2.45, 2.75) is 63.5 Å². The lowest BCUT2D eigenvalue weighted by atomic mass is 10.1. The summed E-state index contributed by atoms with van der Waals surface area (Å²) in [5.41, 5.74) is 0.0713. The second-order valence-electron chi connectivity index (χ2n) is 6.21. The third kappa shape index (κ3) is 7.16. The molecular weight excluding hydrogens is 377 g/mol. The van der Waals surface area contributed by atoms with E-state index in [1.54, 1.807) is 0 Å². The lowest BCUT2D eigenvalue weighted by molar-refractivity contribution is -0.143. The molecule has 1 rings (SSSR count). The second-order valence-corrected chi connectivity index (χ2v) is 7.86. The van der Waals surface area contributed by atoms with Gasteiger partial charge in [0.2, 0.25) is 5.91 Å². The minimum Gasteiger partial charge on any atom is -0.465 e. The van der Waals surface area contributed by atoms with E-state index in [2.05, 4.69) is 5.32 Å². The highest BCUT2D eigenvalue weighted by Crippen LogP contribution is 2.36. The van der Waals surface area contributed by atoms with Crippen LogP contribution in [-0.4, -0.2) is 23.7 Å². The van der Waals surface area contributed by atoms with Crippen molar-refractivity contribution in [1.29, 1.82) is 0 Å². The zero-order chi connectivity index (χ0) is 19.7. The summed E-state index contributed by atoms with van der Waals surface area (Å²) < 4.78 is 19.3. The zero-order valence-corrected chi connectivity index (χ0v) is 17.3. The molecule has 1 N–H and O–H groups in total. The number of carbonyl (C=O) groups is 2. The number of amides is 1. The number of ether oxygens (including phenoxy) is 1. The van der Waals surface area contributed by atoms with Crippen molar-refractivity contribution < 1.29 is 18.7 Å². The quantitative estimate of drug-likeness (QED) is 0.403. The molecule has 2 atom stereocenters. The van der Waals surface area contributed by atoms with E-state index in [1.165, 1.54) is 17.8 Å². The summed E-state index contributed by atoms with van der Waals surface area (Å²) in [7, 11) is 0. The van der Waals surface area contributed by atoms with Gasteiger partial charge in [-0.05, 0) is 30.9 Å². The van der Waals surface area contributed by atoms with Crippen LogP contribution in [0, 0.1) is 11.7 Å². The third-order valence-electron chi connectivity index (χ3n) is 3.88. The molecular formula is C19H27ClFNO3S. The standard InChI is InChI=1S/C19H27ClFNO3S/c1-5-8-25-19(24)16(7-3)26-17-11-15(14(21)10-13(17)20)22-18(23)9-12(4)6-2/h10-12,16H,5-9H2,1-4H3,(H,22,23). The predicted octanol–water partition coefficient (Wildman–Crippen LogP) is 5.68. The fourth-order valence-corrected chi connectivity index (χ4v) is 3.40. The molecule has 1 amide bonds. The Labute approximate surface area is 164 Å². The SMILES string of the molecule is CCCOC(=O)C(CC)Sc1cc(NC(=O)CC(C)CC)c(F)cc1Cl. The van der Waals surface area contributed by atoms with Crippen LogP contribution >= 0.6 is 23.4 Å². The van der Waals surface area contributed by atoms with Crippen LogP contribution in [0.25, 0.3) is 0 Å². The highest BCUT2D eigenvalue weighted by atomic mass is 35.5. The first-order valence-corrected chi connectivity index (χ1v) is 10.2. The maximum Gasteiger partial charge on any atom is 0.319 e. The number of hydrogen-bond donors (Lipinski definition) is 1. The van der Waals surface area contributed by atoms with Crippen LogP contribution in [0.3, 0.4) is 0 Å². The molecule has 0 aliphatic rings. The molecule has 0 aromatic heterocycles. The Balaban J connectivity index is 2.91. The number of carbonyl (C=O) groups excluding carboxylic acids is 2. The molecule has 1 aromatic carbocycles. The van der Waals surface area contributed by atoms with E-state index in [0.717, 1.165) is 18.9 Å². The van der Waals surface area contributed by atoms with E-state index in [-0.39, 0.29) is 28.5 Å². The molecule has 0 spiro atoms. The van der Waals surface area contributed by atoms with Gasteiger partial charge < -0.3 is 10.1 Å². The van der Waals surface area contributed by atoms with Crippen molar-refractivity contribution in [3.63, 3.8) is 0 Å². The maximum absolute atomic E-state index is 14.2. The Morgan fingerprint density at radius 1 is 1.27 bits per heavy atom. The van der Waals surface area contributed by atoms with Gasteiger partial charge >= 0.3 is 5.97 Å². The van der Waals surface area contributed by atoms with Crippen molar-refractivity contribution in [1.82, 2.24) is 0 Å². The topological polar surface area (TPSA) is 55.4 Å². The van der Waals surface area contributed by atoms with Crippen LogP contribution in [0.15, 0.2) is 17.0 Å². The number of rotatable bonds is 10. The van der Waals surface area contributed by atoms with Gasteiger partial charge in [-0.3, -0.25) is 9.59 Å². The molecule has 0 saturated heterocycles. The van der Waals surface area contributed by atoms with Gasteiger partial charge in [0.1, 0.15) is 11.1 Å². The Morgan fingerprint density at radius 2 is 1.96 bits per heavy atom. The Kier molecular flexibility index (Phi) is 10.0. The van der Waals surface area contributed by atoms with Crippen molar-refractivity contribution in [2.24, 2.45) is 5.92 Å². The van der Waals surface area contributed by atoms with E-state index >= 15 is 0 Å². The molecule has 2 unspecified atom stereocenters. The van der Waals surface area contributed by atoms with Gasteiger partial charge in [-0.15, -0.1) is 11.8 Å². The minimum atomic E-state index is -0.599. The highest BCUT2D eigenvalue weighted by molar-refractivity contribution is 8.00. The largest absolute Gasteiger partial charge is 0.465 e. The van der Waals surface area contributed by atoms with Gasteiger partial charge in [0.25, 0.3) is 0 Å². The molecule has 0 saturated carbocycles. The number of esters is 1. The van der Waals surface area contributed by atoms with E-state index in [9.17, 15) is 14.0 Å². The van der Waals surface area contributed by atoms with Gasteiger partial charge in [0, 0.05) is 11.3 Å². The average molecular weight is 404 g/mol. The first kappa shape index (κ1) is 22.8.